The van der Waals surface area contributed by atoms with Crippen molar-refractivity contribution >= 4 is 93.5 Å². The highest BCUT2D eigenvalue weighted by Crippen LogP contribution is 2.28. The summed E-state index contributed by atoms with van der Waals surface area (Å²) in [6, 6.07) is 7.26. The number of fused-ring (bicyclic) bond motifs is 8. The number of nitrogens with zero attached hydrogens (tertiary/aromatic N) is 6. The van der Waals surface area contributed by atoms with Crippen LogP contribution in [0.4, 0.5) is 46.5 Å². The van der Waals surface area contributed by atoms with E-state index in [2.05, 4.69) is 61.8 Å². The lowest BCUT2D eigenvalue weighted by Gasteiger charge is -2.16. The van der Waals surface area contributed by atoms with Gasteiger partial charge in [-0.05, 0) is 73.4 Å². The van der Waals surface area contributed by atoms with Crippen LogP contribution in [0.3, 0.4) is 0 Å². The van der Waals surface area contributed by atoms with Crippen molar-refractivity contribution in [2.75, 3.05) is 35.5 Å². The molecule has 248 valence electrons. The average molecular weight is 697 g/mol. The monoisotopic (exact) mass is 696 g/mol. The number of halogens is 2. The van der Waals surface area contributed by atoms with Crippen LogP contribution in [0.1, 0.15) is 34.6 Å². The lowest BCUT2D eigenvalue weighted by molar-refractivity contribution is -0.143. The Hall–Kier alpha value is -5.88. The molecule has 0 spiro atoms. The maximum Gasteiger partial charge on any atom is 0.328 e. The SMILES string of the molecule is COC(=O)[C@H](C)NC(=O)c1cc2cc(c1)Nc1nc(Cl)nc(n1)Nc1cc(cc(C(=O)N[C@@H](C)C(=O)OC)c1)Nc1nc(Cl)nc(n1)N2. The van der Waals surface area contributed by atoms with E-state index in [1.165, 1.54) is 52.3 Å². The van der Waals surface area contributed by atoms with Gasteiger partial charge in [0.1, 0.15) is 12.1 Å². The minimum atomic E-state index is -0.937. The lowest BCUT2D eigenvalue weighted by atomic mass is 10.1. The Balaban J connectivity index is 1.59. The number of amides is 2. The third-order valence-electron chi connectivity index (χ3n) is 6.44. The predicted molar refractivity (Wildman–Crippen MR) is 174 cm³/mol. The van der Waals surface area contributed by atoms with Crippen LogP contribution in [-0.2, 0) is 19.1 Å². The molecule has 2 aromatic carbocycles. The summed E-state index contributed by atoms with van der Waals surface area (Å²) in [6.45, 7) is 2.96. The van der Waals surface area contributed by atoms with Crippen LogP contribution >= 0.6 is 23.2 Å². The van der Waals surface area contributed by atoms with Crippen molar-refractivity contribution in [2.45, 2.75) is 25.9 Å². The molecule has 0 unspecified atom stereocenters. The van der Waals surface area contributed by atoms with Crippen LogP contribution < -0.4 is 31.9 Å². The van der Waals surface area contributed by atoms with Gasteiger partial charge in [0.05, 0.1) is 14.2 Å². The molecule has 0 fully saturated rings. The standard InChI is InChI=1S/C28H26Cl2N12O6/c1-11(21(45)47-3)31-19(43)13-5-15-9-16(6-13)34-26-38-24(30)40-28(42-26)36-18-8-14(20(44)32-12(2)22(46)48-4)7-17(10-18)35-27-39-23(29)37-25(33-15)41-27/h5-12H,1-4H3,(H,31,43)(H,32,44)(H2,33,35,37,39,41)(H2,34,36,38,40,42)/t11-,12-/m0/s1. The first-order valence-corrected chi connectivity index (χ1v) is 14.6. The largest absolute Gasteiger partial charge is 0.467 e. The molecule has 0 saturated carbocycles. The first-order valence-electron chi connectivity index (χ1n) is 13.9. The van der Waals surface area contributed by atoms with Crippen molar-refractivity contribution in [2.24, 2.45) is 0 Å². The van der Waals surface area contributed by atoms with Crippen LogP contribution in [-0.4, -0.2) is 80.0 Å². The van der Waals surface area contributed by atoms with Crippen molar-refractivity contribution in [3.63, 3.8) is 0 Å². The fourth-order valence-corrected chi connectivity index (χ4v) is 4.60. The number of hydrogen-bond donors (Lipinski definition) is 6. The van der Waals surface area contributed by atoms with E-state index in [9.17, 15) is 19.2 Å². The Morgan fingerprint density at radius 1 is 0.562 bits per heavy atom. The molecular weight excluding hydrogens is 671 g/mol. The molecule has 0 radical (unpaired) electrons. The van der Waals surface area contributed by atoms with E-state index in [0.717, 1.165) is 0 Å². The average Bonchev–Trinajstić information content (AvgIpc) is 3.02. The normalized spacial score (nSPS) is 12.8. The summed E-state index contributed by atoms with van der Waals surface area (Å²) in [5, 5.41) is 16.7. The van der Waals surface area contributed by atoms with E-state index in [1.807, 2.05) is 0 Å². The molecule has 3 heterocycles. The number of benzene rings is 2. The van der Waals surface area contributed by atoms with Gasteiger partial charge in [0.25, 0.3) is 11.8 Å². The van der Waals surface area contributed by atoms with Crippen molar-refractivity contribution in [3.05, 3.63) is 58.1 Å². The number of esters is 2. The molecule has 18 nitrogen and oxygen atoms in total. The number of carbonyl (C=O) groups excluding carboxylic acids is 4. The van der Waals surface area contributed by atoms with Crippen molar-refractivity contribution in [1.29, 1.82) is 0 Å². The topological polar surface area (TPSA) is 236 Å². The molecule has 20 heteroatoms. The first kappa shape index (κ1) is 33.5. The number of ether oxygens (including phenoxy) is 2. The molecule has 1 aliphatic heterocycles. The van der Waals surface area contributed by atoms with E-state index < -0.39 is 35.8 Å². The van der Waals surface area contributed by atoms with Gasteiger partial charge >= 0.3 is 11.9 Å². The Bertz CT molecular complexity index is 1710. The molecule has 2 amide bonds. The second kappa shape index (κ2) is 14.3. The van der Waals surface area contributed by atoms with Crippen molar-refractivity contribution in [1.82, 2.24) is 40.5 Å². The molecule has 6 N–H and O–H groups in total. The zero-order chi connectivity index (χ0) is 34.5. The molecule has 4 aromatic rings. The van der Waals surface area contributed by atoms with Crippen molar-refractivity contribution in [3.8, 4) is 0 Å². The minimum Gasteiger partial charge on any atom is -0.467 e. The number of carbonyl (C=O) groups is 4. The number of methoxy groups -OCH3 is 2. The number of hydrogen-bond acceptors (Lipinski definition) is 16. The van der Waals surface area contributed by atoms with Crippen molar-refractivity contribution < 1.29 is 28.7 Å². The van der Waals surface area contributed by atoms with Gasteiger partial charge in [-0.3, -0.25) is 9.59 Å². The molecule has 0 aliphatic carbocycles. The maximum absolute atomic E-state index is 13.1. The highest BCUT2D eigenvalue weighted by Gasteiger charge is 2.21. The Kier molecular flexibility index (Phi) is 9.95. The molecule has 5 rings (SSSR count). The van der Waals surface area contributed by atoms with E-state index in [4.69, 9.17) is 32.7 Å². The fourth-order valence-electron chi connectivity index (χ4n) is 4.28. The molecule has 48 heavy (non-hydrogen) atoms. The van der Waals surface area contributed by atoms with Gasteiger partial charge < -0.3 is 41.4 Å². The van der Waals surface area contributed by atoms with Gasteiger partial charge in [-0.15, -0.1) is 0 Å². The van der Waals surface area contributed by atoms with Crippen LogP contribution in [0.2, 0.25) is 10.6 Å². The maximum atomic E-state index is 13.1. The van der Waals surface area contributed by atoms with Crippen LogP contribution in [0.5, 0.6) is 0 Å². The van der Waals surface area contributed by atoms with Gasteiger partial charge in [-0.2, -0.15) is 29.9 Å². The summed E-state index contributed by atoms with van der Waals surface area (Å²) in [5.74, 6) is -2.51. The quantitative estimate of drug-likeness (QED) is 0.140. The minimum absolute atomic E-state index is 0.0133. The molecule has 8 bridgehead atoms. The van der Waals surface area contributed by atoms with E-state index in [-0.39, 0.29) is 45.5 Å². The molecule has 2 aromatic heterocycles. The van der Waals surface area contributed by atoms with Gasteiger partial charge in [0.2, 0.25) is 34.4 Å². The van der Waals surface area contributed by atoms with E-state index in [0.29, 0.717) is 22.7 Å². The number of nitrogens with one attached hydrogen (secondary N) is 6. The van der Waals surface area contributed by atoms with Gasteiger partial charge in [0, 0.05) is 33.9 Å². The molecule has 1 aliphatic rings. The summed E-state index contributed by atoms with van der Waals surface area (Å²) in [6.07, 6.45) is 0. The highest BCUT2D eigenvalue weighted by molar-refractivity contribution is 6.28. The zero-order valence-corrected chi connectivity index (χ0v) is 27.0. The number of anilines is 8. The Morgan fingerprint density at radius 2 is 0.854 bits per heavy atom. The Morgan fingerprint density at radius 3 is 1.12 bits per heavy atom. The van der Waals surface area contributed by atoms with E-state index in [1.54, 1.807) is 12.1 Å². The molecular formula is C28H26Cl2N12O6. The summed E-state index contributed by atoms with van der Waals surface area (Å²) in [4.78, 5) is 75.4. The smallest absolute Gasteiger partial charge is 0.328 e. The van der Waals surface area contributed by atoms with Gasteiger partial charge in [-0.1, -0.05) is 0 Å². The molecule has 2 atom stereocenters. The van der Waals surface area contributed by atoms with Crippen LogP contribution in [0.15, 0.2) is 36.4 Å². The summed E-state index contributed by atoms with van der Waals surface area (Å²) in [5.41, 5.74) is 1.51. The summed E-state index contributed by atoms with van der Waals surface area (Å²) >= 11 is 12.5. The third-order valence-corrected chi connectivity index (χ3v) is 6.77. The Labute approximate surface area is 281 Å². The number of rotatable bonds is 6. The predicted octanol–water partition coefficient (Wildman–Crippen LogP) is 3.23. The fraction of sp³-hybridized carbons (Fsp3) is 0.214. The second-order valence-electron chi connectivity index (χ2n) is 10.0. The molecule has 0 saturated heterocycles. The summed E-state index contributed by atoms with van der Waals surface area (Å²) < 4.78 is 9.40. The summed E-state index contributed by atoms with van der Waals surface area (Å²) in [7, 11) is 2.42. The second-order valence-corrected chi connectivity index (χ2v) is 10.7. The van der Waals surface area contributed by atoms with Gasteiger partial charge in [0.15, 0.2) is 0 Å². The number of aromatic nitrogens is 6. The lowest BCUT2D eigenvalue weighted by Crippen LogP contribution is -2.39. The van der Waals surface area contributed by atoms with Crippen LogP contribution in [0, 0.1) is 0 Å². The van der Waals surface area contributed by atoms with E-state index >= 15 is 0 Å². The first-order chi connectivity index (χ1) is 22.9. The highest BCUT2D eigenvalue weighted by atomic mass is 35.5. The van der Waals surface area contributed by atoms with Gasteiger partial charge in [-0.25, -0.2) is 9.59 Å². The van der Waals surface area contributed by atoms with Crippen LogP contribution in [0.25, 0.3) is 0 Å². The third kappa shape index (κ3) is 8.28. The zero-order valence-electron chi connectivity index (χ0n) is 25.5.